The molecule has 0 saturated carbocycles. The summed E-state index contributed by atoms with van der Waals surface area (Å²) < 4.78 is 24.3. The summed E-state index contributed by atoms with van der Waals surface area (Å²) in [6, 6.07) is 9.49. The number of nitrogens with one attached hydrogen (secondary N) is 1. The van der Waals surface area contributed by atoms with Crippen LogP contribution in [-0.4, -0.2) is 24.4 Å². The quantitative estimate of drug-likeness (QED) is 0.776. The fourth-order valence-electron chi connectivity index (χ4n) is 2.30. The third-order valence-electron chi connectivity index (χ3n) is 3.59. The number of benzene rings is 2. The van der Waals surface area contributed by atoms with E-state index < -0.39 is 5.82 Å². The number of carbonyl (C=O) groups excluding carboxylic acids is 1. The summed E-state index contributed by atoms with van der Waals surface area (Å²) >= 11 is 7.34. The van der Waals surface area contributed by atoms with Crippen LogP contribution in [0.1, 0.15) is 13.3 Å². The van der Waals surface area contributed by atoms with Gasteiger partial charge in [0.05, 0.1) is 29.2 Å². The molecule has 132 valence electrons. The van der Waals surface area contributed by atoms with Crippen molar-refractivity contribution in [1.82, 2.24) is 0 Å². The summed E-state index contributed by atoms with van der Waals surface area (Å²) in [5.74, 6) is 0.747. The summed E-state index contributed by atoms with van der Waals surface area (Å²) in [7, 11) is 0. The second-order valence-electron chi connectivity index (χ2n) is 5.53. The Morgan fingerprint density at radius 3 is 2.72 bits per heavy atom. The number of fused-ring (bicyclic) bond motifs is 1. The lowest BCUT2D eigenvalue weighted by Gasteiger charge is -2.14. The number of hydrogen-bond acceptors (Lipinski definition) is 4. The minimum absolute atomic E-state index is 0.168. The van der Waals surface area contributed by atoms with E-state index in [-0.39, 0.29) is 16.2 Å². The number of thioether (sulfide) groups is 1. The smallest absolute Gasteiger partial charge is 0.237 e. The summed E-state index contributed by atoms with van der Waals surface area (Å²) in [4.78, 5) is 13.3. The number of ether oxygens (including phenoxy) is 2. The summed E-state index contributed by atoms with van der Waals surface area (Å²) in [6.45, 7) is 3.04. The predicted octanol–water partition coefficient (Wildman–Crippen LogP) is 4.76. The highest BCUT2D eigenvalue weighted by Gasteiger charge is 2.18. The van der Waals surface area contributed by atoms with Crippen LogP contribution < -0.4 is 14.8 Å². The Morgan fingerprint density at radius 1 is 1.20 bits per heavy atom. The van der Waals surface area contributed by atoms with Crippen molar-refractivity contribution in [2.45, 2.75) is 23.5 Å². The number of amides is 1. The van der Waals surface area contributed by atoms with Crippen molar-refractivity contribution in [3.05, 3.63) is 47.2 Å². The highest BCUT2D eigenvalue weighted by molar-refractivity contribution is 8.00. The lowest BCUT2D eigenvalue weighted by molar-refractivity contribution is -0.115. The molecule has 4 nitrogen and oxygen atoms in total. The van der Waals surface area contributed by atoms with Crippen LogP contribution in [0.5, 0.6) is 11.5 Å². The Bertz CT molecular complexity index is 787. The molecule has 2 aromatic carbocycles. The van der Waals surface area contributed by atoms with Gasteiger partial charge in [0.2, 0.25) is 5.91 Å². The van der Waals surface area contributed by atoms with Gasteiger partial charge in [0, 0.05) is 11.3 Å². The van der Waals surface area contributed by atoms with E-state index in [1.165, 1.54) is 30.0 Å². The lowest BCUT2D eigenvalue weighted by atomic mass is 10.3. The molecule has 1 aliphatic heterocycles. The van der Waals surface area contributed by atoms with E-state index >= 15 is 0 Å². The van der Waals surface area contributed by atoms with E-state index in [1.807, 2.05) is 18.2 Å². The van der Waals surface area contributed by atoms with Crippen molar-refractivity contribution in [1.29, 1.82) is 0 Å². The number of hydrogen-bond donors (Lipinski definition) is 1. The van der Waals surface area contributed by atoms with E-state index in [4.69, 9.17) is 21.1 Å². The number of halogens is 2. The molecule has 0 aromatic heterocycles. The van der Waals surface area contributed by atoms with Crippen LogP contribution >= 0.6 is 23.4 Å². The molecule has 1 amide bonds. The molecule has 0 fully saturated rings. The van der Waals surface area contributed by atoms with Gasteiger partial charge in [0.1, 0.15) is 5.82 Å². The monoisotopic (exact) mass is 381 g/mol. The van der Waals surface area contributed by atoms with Crippen molar-refractivity contribution in [3.63, 3.8) is 0 Å². The topological polar surface area (TPSA) is 47.6 Å². The third-order valence-corrected chi connectivity index (χ3v) is 5.00. The van der Waals surface area contributed by atoms with E-state index in [2.05, 4.69) is 5.32 Å². The zero-order valence-electron chi connectivity index (χ0n) is 13.6. The Morgan fingerprint density at radius 2 is 1.96 bits per heavy atom. The first-order valence-corrected chi connectivity index (χ1v) is 9.11. The van der Waals surface area contributed by atoms with E-state index in [0.717, 1.165) is 17.1 Å². The zero-order valence-corrected chi connectivity index (χ0v) is 15.1. The lowest BCUT2D eigenvalue weighted by Crippen LogP contribution is -2.22. The first kappa shape index (κ1) is 17.9. The van der Waals surface area contributed by atoms with Crippen LogP contribution in [-0.2, 0) is 4.79 Å². The van der Waals surface area contributed by atoms with Crippen LogP contribution in [0.3, 0.4) is 0 Å². The largest absolute Gasteiger partial charge is 0.490 e. The van der Waals surface area contributed by atoms with Crippen molar-refractivity contribution < 1.29 is 18.7 Å². The number of anilines is 1. The number of carbonyl (C=O) groups is 1. The normalized spacial score (nSPS) is 14.5. The predicted molar refractivity (Wildman–Crippen MR) is 97.4 cm³/mol. The van der Waals surface area contributed by atoms with Gasteiger partial charge in [0.15, 0.2) is 11.5 Å². The van der Waals surface area contributed by atoms with Gasteiger partial charge in [-0.2, -0.15) is 0 Å². The Labute approximate surface area is 154 Å². The molecule has 0 unspecified atom stereocenters. The van der Waals surface area contributed by atoms with Crippen LogP contribution in [0, 0.1) is 5.82 Å². The minimum Gasteiger partial charge on any atom is -0.490 e. The SMILES string of the molecule is C[C@@H](Sc1ccc2c(c1)OCCCO2)C(=O)Nc1ccc(F)cc1Cl. The fourth-order valence-corrected chi connectivity index (χ4v) is 3.41. The molecule has 3 rings (SSSR count). The van der Waals surface area contributed by atoms with Gasteiger partial charge < -0.3 is 14.8 Å². The number of rotatable bonds is 4. The highest BCUT2D eigenvalue weighted by Crippen LogP contribution is 2.35. The summed E-state index contributed by atoms with van der Waals surface area (Å²) in [5.41, 5.74) is 0.388. The molecule has 0 spiro atoms. The van der Waals surface area contributed by atoms with E-state index in [9.17, 15) is 9.18 Å². The third kappa shape index (κ3) is 4.58. The molecular weight excluding hydrogens is 365 g/mol. The molecule has 0 aliphatic carbocycles. The zero-order chi connectivity index (χ0) is 17.8. The first-order chi connectivity index (χ1) is 12.0. The van der Waals surface area contributed by atoms with E-state index in [1.54, 1.807) is 6.92 Å². The molecule has 1 N–H and O–H groups in total. The Kier molecular flexibility index (Phi) is 5.71. The van der Waals surface area contributed by atoms with Crippen LogP contribution in [0.15, 0.2) is 41.3 Å². The molecule has 1 heterocycles. The first-order valence-electron chi connectivity index (χ1n) is 7.85. The molecule has 1 aliphatic rings. The average molecular weight is 382 g/mol. The Balaban J connectivity index is 1.66. The van der Waals surface area contributed by atoms with Gasteiger partial charge in [-0.15, -0.1) is 11.8 Å². The maximum Gasteiger partial charge on any atom is 0.237 e. The summed E-state index contributed by atoms with van der Waals surface area (Å²) in [5, 5.41) is 2.51. The van der Waals surface area contributed by atoms with Gasteiger partial charge in [-0.05, 0) is 43.3 Å². The standard InChI is InChI=1S/C18H17ClFNO3S/c1-11(18(22)21-15-5-3-12(20)9-14(15)19)25-13-4-6-16-17(10-13)24-8-2-7-23-16/h3-6,9-11H,2,7-8H2,1H3,(H,21,22)/t11-/m1/s1. The molecule has 0 bridgehead atoms. The van der Waals surface area contributed by atoms with Gasteiger partial charge in [0.25, 0.3) is 0 Å². The molecule has 0 radical (unpaired) electrons. The molecule has 1 atom stereocenters. The van der Waals surface area contributed by atoms with Gasteiger partial charge >= 0.3 is 0 Å². The van der Waals surface area contributed by atoms with Gasteiger partial charge in [-0.25, -0.2) is 4.39 Å². The van der Waals surface area contributed by atoms with Crippen LogP contribution in [0.25, 0.3) is 0 Å². The van der Waals surface area contributed by atoms with Gasteiger partial charge in [-0.3, -0.25) is 4.79 Å². The minimum atomic E-state index is -0.447. The van der Waals surface area contributed by atoms with Crippen LogP contribution in [0.4, 0.5) is 10.1 Å². The average Bonchev–Trinajstić information content (AvgIpc) is 2.82. The fraction of sp³-hybridized carbons (Fsp3) is 0.278. The molecule has 2 aromatic rings. The molecule has 25 heavy (non-hydrogen) atoms. The second kappa shape index (κ2) is 7.97. The molecule has 0 saturated heterocycles. The van der Waals surface area contributed by atoms with Crippen molar-refractivity contribution in [3.8, 4) is 11.5 Å². The maximum atomic E-state index is 13.1. The van der Waals surface area contributed by atoms with E-state index in [0.29, 0.717) is 24.7 Å². The van der Waals surface area contributed by atoms with Gasteiger partial charge in [-0.1, -0.05) is 11.6 Å². The highest BCUT2D eigenvalue weighted by atomic mass is 35.5. The molecular formula is C18H17ClFNO3S. The summed E-state index contributed by atoms with van der Waals surface area (Å²) in [6.07, 6.45) is 0.842. The van der Waals surface area contributed by atoms with Crippen molar-refractivity contribution in [2.24, 2.45) is 0 Å². The van der Waals surface area contributed by atoms with Crippen LogP contribution in [0.2, 0.25) is 5.02 Å². The van der Waals surface area contributed by atoms with Crippen molar-refractivity contribution in [2.75, 3.05) is 18.5 Å². The molecule has 7 heteroatoms. The maximum absolute atomic E-state index is 13.1. The Hall–Kier alpha value is -1.92. The van der Waals surface area contributed by atoms with Crippen molar-refractivity contribution >= 4 is 35.0 Å². The second-order valence-corrected chi connectivity index (χ2v) is 7.35.